The zero-order valence-corrected chi connectivity index (χ0v) is 15.1. The molecule has 2 heterocycles. The van der Waals surface area contributed by atoms with E-state index in [1.165, 1.54) is 6.20 Å². The highest BCUT2D eigenvalue weighted by molar-refractivity contribution is 6.36. The summed E-state index contributed by atoms with van der Waals surface area (Å²) in [5.74, 6) is -0.219. The van der Waals surface area contributed by atoms with E-state index >= 15 is 0 Å². The standard InChI is InChI=1S/C17H15Cl2N3O3/c1-3-25-16(24)14-7-22-15(11-5-4-10(18)6-13(11)19)12(8-23)9(2)20-17(22)21-14/h4-7,23H,3,8H2,1-2H3. The molecule has 3 rings (SSSR count). The number of aliphatic hydroxyl groups excluding tert-OH is 1. The van der Waals surface area contributed by atoms with Crippen molar-refractivity contribution in [3.05, 3.63) is 51.4 Å². The molecule has 0 saturated heterocycles. The van der Waals surface area contributed by atoms with Crippen molar-refractivity contribution in [2.45, 2.75) is 20.5 Å². The molecule has 0 radical (unpaired) electrons. The quantitative estimate of drug-likeness (QED) is 0.699. The van der Waals surface area contributed by atoms with Crippen LogP contribution in [0.1, 0.15) is 28.7 Å². The highest BCUT2D eigenvalue weighted by Gasteiger charge is 2.20. The minimum atomic E-state index is -0.538. The second-order valence-electron chi connectivity index (χ2n) is 5.32. The Morgan fingerprint density at radius 3 is 2.72 bits per heavy atom. The number of fused-ring (bicyclic) bond motifs is 1. The lowest BCUT2D eigenvalue weighted by Gasteiger charge is -2.14. The van der Waals surface area contributed by atoms with Crippen molar-refractivity contribution >= 4 is 34.9 Å². The number of hydrogen-bond donors (Lipinski definition) is 1. The summed E-state index contributed by atoms with van der Waals surface area (Å²) < 4.78 is 6.62. The number of benzene rings is 1. The van der Waals surface area contributed by atoms with E-state index in [0.717, 1.165) is 0 Å². The molecule has 6 nitrogen and oxygen atoms in total. The van der Waals surface area contributed by atoms with Crippen LogP contribution in [0.3, 0.4) is 0 Å². The molecule has 0 saturated carbocycles. The van der Waals surface area contributed by atoms with Gasteiger partial charge < -0.3 is 9.84 Å². The highest BCUT2D eigenvalue weighted by Crippen LogP contribution is 2.34. The number of nitrogens with zero attached hydrogens (tertiary/aromatic N) is 3. The van der Waals surface area contributed by atoms with Crippen LogP contribution in [0.15, 0.2) is 24.4 Å². The van der Waals surface area contributed by atoms with E-state index in [0.29, 0.717) is 38.3 Å². The molecule has 1 aromatic carbocycles. The summed E-state index contributed by atoms with van der Waals surface area (Å²) in [7, 11) is 0. The first-order chi connectivity index (χ1) is 12.0. The molecule has 3 aromatic rings. The highest BCUT2D eigenvalue weighted by atomic mass is 35.5. The third-order valence-electron chi connectivity index (χ3n) is 3.75. The summed E-state index contributed by atoms with van der Waals surface area (Å²) in [5.41, 5.74) is 2.57. The molecule has 0 bridgehead atoms. The van der Waals surface area contributed by atoms with Gasteiger partial charge in [-0.3, -0.25) is 4.40 Å². The topological polar surface area (TPSA) is 76.7 Å². The van der Waals surface area contributed by atoms with E-state index in [9.17, 15) is 9.90 Å². The number of carbonyl (C=O) groups excluding carboxylic acids is 1. The molecule has 0 aliphatic rings. The fraction of sp³-hybridized carbons (Fsp3) is 0.235. The maximum atomic E-state index is 12.0. The maximum Gasteiger partial charge on any atom is 0.358 e. The van der Waals surface area contributed by atoms with Gasteiger partial charge in [-0.05, 0) is 32.0 Å². The van der Waals surface area contributed by atoms with Crippen LogP contribution in [0.2, 0.25) is 10.0 Å². The Morgan fingerprint density at radius 2 is 2.08 bits per heavy atom. The van der Waals surface area contributed by atoms with Crippen LogP contribution in [-0.2, 0) is 11.3 Å². The van der Waals surface area contributed by atoms with Crippen LogP contribution >= 0.6 is 23.2 Å². The van der Waals surface area contributed by atoms with Gasteiger partial charge in [0, 0.05) is 28.0 Å². The van der Waals surface area contributed by atoms with E-state index in [1.807, 2.05) is 0 Å². The van der Waals surface area contributed by atoms with Crippen molar-refractivity contribution in [2.75, 3.05) is 6.61 Å². The van der Waals surface area contributed by atoms with Crippen LogP contribution in [0, 0.1) is 6.92 Å². The van der Waals surface area contributed by atoms with Crippen molar-refractivity contribution in [2.24, 2.45) is 0 Å². The monoisotopic (exact) mass is 379 g/mol. The fourth-order valence-corrected chi connectivity index (χ4v) is 3.11. The number of esters is 1. The Hall–Kier alpha value is -2.15. The SMILES string of the molecule is CCOC(=O)c1cn2c(-c3ccc(Cl)cc3Cl)c(CO)c(C)nc2n1. The van der Waals surface area contributed by atoms with E-state index < -0.39 is 5.97 Å². The van der Waals surface area contributed by atoms with E-state index in [-0.39, 0.29) is 18.9 Å². The number of halogens is 2. The van der Waals surface area contributed by atoms with E-state index in [4.69, 9.17) is 27.9 Å². The van der Waals surface area contributed by atoms with Gasteiger partial charge in [-0.25, -0.2) is 14.8 Å². The van der Waals surface area contributed by atoms with Crippen molar-refractivity contribution in [1.82, 2.24) is 14.4 Å². The molecule has 0 aliphatic heterocycles. The molecule has 1 N–H and O–H groups in total. The molecular weight excluding hydrogens is 365 g/mol. The van der Waals surface area contributed by atoms with Crippen molar-refractivity contribution < 1.29 is 14.6 Å². The zero-order valence-electron chi connectivity index (χ0n) is 13.6. The predicted molar refractivity (Wildman–Crippen MR) is 95.1 cm³/mol. The largest absolute Gasteiger partial charge is 0.461 e. The zero-order chi connectivity index (χ0) is 18.1. The number of imidazole rings is 1. The molecule has 0 aliphatic carbocycles. The third-order valence-corrected chi connectivity index (χ3v) is 4.30. The number of aliphatic hydroxyl groups is 1. The second kappa shape index (κ2) is 7.00. The molecule has 0 fully saturated rings. The van der Waals surface area contributed by atoms with Crippen LogP contribution in [0.25, 0.3) is 17.0 Å². The number of carbonyl (C=O) groups is 1. The molecule has 130 valence electrons. The van der Waals surface area contributed by atoms with Gasteiger partial charge in [0.1, 0.15) is 0 Å². The Morgan fingerprint density at radius 1 is 1.32 bits per heavy atom. The van der Waals surface area contributed by atoms with E-state index in [1.54, 1.807) is 36.4 Å². The first kappa shape index (κ1) is 17.7. The van der Waals surface area contributed by atoms with Crippen molar-refractivity contribution in [3.8, 4) is 11.3 Å². The van der Waals surface area contributed by atoms with Gasteiger partial charge in [0.05, 0.1) is 23.9 Å². The second-order valence-corrected chi connectivity index (χ2v) is 6.17. The Bertz CT molecular complexity index is 969. The Kier molecular flexibility index (Phi) is 4.94. The van der Waals surface area contributed by atoms with Crippen LogP contribution in [0.4, 0.5) is 0 Å². The maximum absolute atomic E-state index is 12.0. The fourth-order valence-electron chi connectivity index (χ4n) is 2.61. The van der Waals surface area contributed by atoms with Crippen molar-refractivity contribution in [3.63, 3.8) is 0 Å². The number of aromatic nitrogens is 3. The van der Waals surface area contributed by atoms with Gasteiger partial charge in [0.25, 0.3) is 0 Å². The lowest BCUT2D eigenvalue weighted by molar-refractivity contribution is 0.0520. The lowest BCUT2D eigenvalue weighted by atomic mass is 10.0. The lowest BCUT2D eigenvalue weighted by Crippen LogP contribution is -2.04. The molecule has 0 spiro atoms. The molecule has 2 aromatic heterocycles. The molecular formula is C17H15Cl2N3O3. The molecule has 25 heavy (non-hydrogen) atoms. The minimum Gasteiger partial charge on any atom is -0.461 e. The average Bonchev–Trinajstić information content (AvgIpc) is 2.98. The number of aryl methyl sites for hydroxylation is 1. The number of rotatable bonds is 4. The summed E-state index contributed by atoms with van der Waals surface area (Å²) in [5, 5.41) is 10.7. The van der Waals surface area contributed by atoms with Gasteiger partial charge >= 0.3 is 5.97 Å². The Labute approximate surface area is 154 Å². The van der Waals surface area contributed by atoms with Crippen LogP contribution in [0.5, 0.6) is 0 Å². The third kappa shape index (κ3) is 3.20. The minimum absolute atomic E-state index is 0.134. The summed E-state index contributed by atoms with van der Waals surface area (Å²) in [6.45, 7) is 3.49. The van der Waals surface area contributed by atoms with Crippen molar-refractivity contribution in [1.29, 1.82) is 0 Å². The first-order valence-corrected chi connectivity index (χ1v) is 8.33. The summed E-state index contributed by atoms with van der Waals surface area (Å²) >= 11 is 12.3. The average molecular weight is 380 g/mol. The number of ether oxygens (including phenoxy) is 1. The van der Waals surface area contributed by atoms with Gasteiger partial charge in [0.2, 0.25) is 5.78 Å². The van der Waals surface area contributed by atoms with Gasteiger partial charge in [-0.1, -0.05) is 23.2 Å². The van der Waals surface area contributed by atoms with Gasteiger partial charge in [-0.15, -0.1) is 0 Å². The summed E-state index contributed by atoms with van der Waals surface area (Å²) in [6.07, 6.45) is 1.53. The normalized spacial score (nSPS) is 11.1. The molecule has 0 atom stereocenters. The van der Waals surface area contributed by atoms with Crippen LogP contribution < -0.4 is 0 Å². The van der Waals surface area contributed by atoms with Crippen LogP contribution in [-0.4, -0.2) is 32.1 Å². The molecule has 8 heteroatoms. The summed E-state index contributed by atoms with van der Waals surface area (Å²) in [4.78, 5) is 20.6. The molecule has 0 unspecified atom stereocenters. The molecule has 0 amide bonds. The van der Waals surface area contributed by atoms with Gasteiger partial charge in [0.15, 0.2) is 5.69 Å². The van der Waals surface area contributed by atoms with E-state index in [2.05, 4.69) is 9.97 Å². The summed E-state index contributed by atoms with van der Waals surface area (Å²) in [6, 6.07) is 5.07. The van der Waals surface area contributed by atoms with Gasteiger partial charge in [-0.2, -0.15) is 0 Å². The Balaban J connectivity index is 2.32. The predicted octanol–water partition coefficient (Wildman–Crippen LogP) is 3.68. The number of hydrogen-bond acceptors (Lipinski definition) is 5. The first-order valence-electron chi connectivity index (χ1n) is 7.58. The smallest absolute Gasteiger partial charge is 0.358 e.